The fourth-order valence-electron chi connectivity index (χ4n) is 2.29. The normalized spacial score (nSPS) is 51.9. The zero-order chi connectivity index (χ0) is 15.7. The van der Waals surface area contributed by atoms with Crippen molar-refractivity contribution in [3.05, 3.63) is 0 Å². The first-order valence-electron chi connectivity index (χ1n) is 6.48. The smallest absolute Gasteiger partial charge is 0.187 e. The Hall–Kier alpha value is -0.400. The molecule has 2 saturated heterocycles. The molecule has 21 heavy (non-hydrogen) atoms. The summed E-state index contributed by atoms with van der Waals surface area (Å²) in [6.07, 6.45) is -13.3. The van der Waals surface area contributed by atoms with E-state index in [1.165, 1.54) is 0 Å². The number of rotatable bonds is 3. The first-order valence-corrected chi connectivity index (χ1v) is 6.48. The van der Waals surface area contributed by atoms with Gasteiger partial charge in [0.15, 0.2) is 12.6 Å². The van der Waals surface area contributed by atoms with Gasteiger partial charge in [-0.3, -0.25) is 0 Å². The molecular formula is C11H20O10. The average Bonchev–Trinajstić information content (AvgIpc) is 2.47. The lowest BCUT2D eigenvalue weighted by atomic mass is 9.98. The van der Waals surface area contributed by atoms with Crippen LogP contribution in [0.25, 0.3) is 0 Å². The summed E-state index contributed by atoms with van der Waals surface area (Å²) in [5.74, 6) is 0. The van der Waals surface area contributed by atoms with Crippen molar-refractivity contribution in [2.24, 2.45) is 0 Å². The molecule has 10 heteroatoms. The summed E-state index contributed by atoms with van der Waals surface area (Å²) < 4.78 is 15.0. The summed E-state index contributed by atoms with van der Waals surface area (Å²) in [4.78, 5) is 0. The maximum absolute atomic E-state index is 9.79. The molecule has 0 aromatic carbocycles. The number of aliphatic hydroxyl groups is 7. The SMILES string of the molecule is OC[C@H]1O[C@H](O[C@@H]2[C@H](O)[C@H](O)OC[C@@H]2O)[C@H](O)[C@@H](O)[C@@H]1O. The van der Waals surface area contributed by atoms with Crippen molar-refractivity contribution in [3.8, 4) is 0 Å². The maximum atomic E-state index is 9.79. The Balaban J connectivity index is 2.06. The molecule has 0 amide bonds. The molecule has 2 heterocycles. The summed E-state index contributed by atoms with van der Waals surface area (Å²) in [5.41, 5.74) is 0. The monoisotopic (exact) mass is 312 g/mol. The van der Waals surface area contributed by atoms with E-state index in [0.29, 0.717) is 0 Å². The second-order valence-electron chi connectivity index (χ2n) is 5.08. The van der Waals surface area contributed by atoms with E-state index in [-0.39, 0.29) is 6.61 Å². The topological polar surface area (TPSA) is 169 Å². The van der Waals surface area contributed by atoms with Crippen molar-refractivity contribution in [3.63, 3.8) is 0 Å². The van der Waals surface area contributed by atoms with Gasteiger partial charge in [-0.2, -0.15) is 0 Å². The minimum atomic E-state index is -1.66. The predicted molar refractivity (Wildman–Crippen MR) is 62.6 cm³/mol. The van der Waals surface area contributed by atoms with Crippen LogP contribution in [0.3, 0.4) is 0 Å². The van der Waals surface area contributed by atoms with Gasteiger partial charge in [0.05, 0.1) is 13.2 Å². The fraction of sp³-hybridized carbons (Fsp3) is 1.00. The highest BCUT2D eigenvalue weighted by molar-refractivity contribution is 4.91. The summed E-state index contributed by atoms with van der Waals surface area (Å²) in [6.45, 7) is -0.938. The highest BCUT2D eigenvalue weighted by atomic mass is 16.7. The van der Waals surface area contributed by atoms with Crippen LogP contribution in [-0.4, -0.2) is 104 Å². The molecule has 0 bridgehead atoms. The molecule has 0 unspecified atom stereocenters. The van der Waals surface area contributed by atoms with E-state index in [0.717, 1.165) is 0 Å². The van der Waals surface area contributed by atoms with Crippen LogP contribution in [0.15, 0.2) is 0 Å². The average molecular weight is 312 g/mol. The summed E-state index contributed by atoms with van der Waals surface area (Å²) in [5, 5.41) is 66.8. The first-order chi connectivity index (χ1) is 9.86. The lowest BCUT2D eigenvalue weighted by Gasteiger charge is -2.43. The lowest BCUT2D eigenvalue weighted by Crippen LogP contribution is -2.62. The Morgan fingerprint density at radius 1 is 0.905 bits per heavy atom. The largest absolute Gasteiger partial charge is 0.394 e. The molecule has 9 atom stereocenters. The van der Waals surface area contributed by atoms with Gasteiger partial charge in [-0.1, -0.05) is 0 Å². The summed E-state index contributed by atoms with van der Waals surface area (Å²) in [7, 11) is 0. The van der Waals surface area contributed by atoms with Crippen LogP contribution in [0.5, 0.6) is 0 Å². The van der Waals surface area contributed by atoms with E-state index in [1.807, 2.05) is 0 Å². The van der Waals surface area contributed by atoms with Crippen molar-refractivity contribution in [1.82, 2.24) is 0 Å². The molecular weight excluding hydrogens is 292 g/mol. The molecule has 2 rings (SSSR count). The first kappa shape index (κ1) is 17.0. The third-order valence-electron chi connectivity index (χ3n) is 3.59. The van der Waals surface area contributed by atoms with Gasteiger partial charge in [0.1, 0.15) is 42.7 Å². The molecule has 2 aliphatic rings. The third-order valence-corrected chi connectivity index (χ3v) is 3.59. The van der Waals surface area contributed by atoms with E-state index in [2.05, 4.69) is 4.74 Å². The van der Waals surface area contributed by atoms with E-state index in [9.17, 15) is 30.6 Å². The Bertz CT molecular complexity index is 339. The van der Waals surface area contributed by atoms with Crippen molar-refractivity contribution >= 4 is 0 Å². The van der Waals surface area contributed by atoms with Gasteiger partial charge in [-0.15, -0.1) is 0 Å². The zero-order valence-corrected chi connectivity index (χ0v) is 11.0. The van der Waals surface area contributed by atoms with Crippen molar-refractivity contribution in [2.75, 3.05) is 13.2 Å². The fourth-order valence-corrected chi connectivity index (χ4v) is 2.29. The molecule has 0 radical (unpaired) electrons. The van der Waals surface area contributed by atoms with Crippen LogP contribution in [-0.2, 0) is 14.2 Å². The van der Waals surface area contributed by atoms with Crippen LogP contribution < -0.4 is 0 Å². The van der Waals surface area contributed by atoms with Crippen molar-refractivity contribution < 1.29 is 50.0 Å². The van der Waals surface area contributed by atoms with E-state index in [4.69, 9.17) is 14.6 Å². The number of ether oxygens (including phenoxy) is 3. The Kier molecular flexibility index (Phi) is 5.48. The van der Waals surface area contributed by atoms with Gasteiger partial charge in [-0.25, -0.2) is 0 Å². The van der Waals surface area contributed by atoms with E-state index >= 15 is 0 Å². The summed E-state index contributed by atoms with van der Waals surface area (Å²) in [6, 6.07) is 0. The molecule has 2 fully saturated rings. The number of hydrogen-bond acceptors (Lipinski definition) is 10. The van der Waals surface area contributed by atoms with Gasteiger partial charge in [0.2, 0.25) is 0 Å². The van der Waals surface area contributed by atoms with Crippen LogP contribution in [0, 0.1) is 0 Å². The second-order valence-corrected chi connectivity index (χ2v) is 5.08. The number of hydrogen-bond donors (Lipinski definition) is 7. The predicted octanol–water partition coefficient (Wildman–Crippen LogP) is -4.76. The molecule has 10 nitrogen and oxygen atoms in total. The van der Waals surface area contributed by atoms with Gasteiger partial charge < -0.3 is 50.0 Å². The van der Waals surface area contributed by atoms with Crippen molar-refractivity contribution in [1.29, 1.82) is 0 Å². The summed E-state index contributed by atoms with van der Waals surface area (Å²) >= 11 is 0. The standard InChI is InChI=1S/C11H20O10/c12-1-4-5(14)6(15)7(16)11(20-4)21-9-3(13)2-19-10(18)8(9)17/h3-18H,1-2H2/t3-,4+,5+,6-,7+,8-,9-,10+,11+/m0/s1. The van der Waals surface area contributed by atoms with Gasteiger partial charge >= 0.3 is 0 Å². The molecule has 0 aromatic heterocycles. The molecule has 0 aromatic rings. The second kappa shape index (κ2) is 6.79. The van der Waals surface area contributed by atoms with Gasteiger partial charge in [0, 0.05) is 0 Å². The Morgan fingerprint density at radius 3 is 2.19 bits per heavy atom. The molecule has 124 valence electrons. The van der Waals surface area contributed by atoms with Gasteiger partial charge in [-0.05, 0) is 0 Å². The zero-order valence-electron chi connectivity index (χ0n) is 11.0. The molecule has 0 spiro atoms. The molecule has 0 saturated carbocycles. The highest BCUT2D eigenvalue weighted by Gasteiger charge is 2.48. The van der Waals surface area contributed by atoms with Gasteiger partial charge in [0.25, 0.3) is 0 Å². The van der Waals surface area contributed by atoms with Crippen LogP contribution >= 0.6 is 0 Å². The molecule has 2 aliphatic heterocycles. The van der Waals surface area contributed by atoms with Crippen LogP contribution in [0.1, 0.15) is 0 Å². The van der Waals surface area contributed by atoms with Crippen LogP contribution in [0.2, 0.25) is 0 Å². The number of aliphatic hydroxyl groups excluding tert-OH is 7. The maximum Gasteiger partial charge on any atom is 0.187 e. The minimum absolute atomic E-state index is 0.305. The molecule has 0 aliphatic carbocycles. The quantitative estimate of drug-likeness (QED) is 0.268. The van der Waals surface area contributed by atoms with E-state index < -0.39 is 61.9 Å². The third kappa shape index (κ3) is 3.35. The Morgan fingerprint density at radius 2 is 1.57 bits per heavy atom. The Labute approximate surface area is 119 Å². The van der Waals surface area contributed by atoms with Crippen LogP contribution in [0.4, 0.5) is 0 Å². The molecule has 7 N–H and O–H groups in total. The lowest BCUT2D eigenvalue weighted by molar-refractivity contribution is -0.345. The minimum Gasteiger partial charge on any atom is -0.394 e. The van der Waals surface area contributed by atoms with E-state index in [1.54, 1.807) is 0 Å². The van der Waals surface area contributed by atoms with Crippen molar-refractivity contribution in [2.45, 2.75) is 55.3 Å². The highest BCUT2D eigenvalue weighted by Crippen LogP contribution is 2.26.